The lowest BCUT2D eigenvalue weighted by Crippen LogP contribution is -2.07. The lowest BCUT2D eigenvalue weighted by Gasteiger charge is -2.12. The smallest absolute Gasteiger partial charge is 0.340 e. The Bertz CT molecular complexity index is 885. The second-order valence-corrected chi connectivity index (χ2v) is 6.00. The van der Waals surface area contributed by atoms with Crippen LogP contribution in [0.4, 0.5) is 0 Å². The summed E-state index contributed by atoms with van der Waals surface area (Å²) in [6.45, 7) is 5.46. The van der Waals surface area contributed by atoms with E-state index >= 15 is 0 Å². The number of hydrogen-bond acceptors (Lipinski definition) is 6. The molecule has 0 amide bonds. The van der Waals surface area contributed by atoms with E-state index < -0.39 is 5.97 Å². The van der Waals surface area contributed by atoms with E-state index in [4.69, 9.17) is 18.9 Å². The monoisotopic (exact) mass is 387 g/mol. The van der Waals surface area contributed by atoms with Crippen LogP contribution in [0.3, 0.4) is 0 Å². The summed E-state index contributed by atoms with van der Waals surface area (Å²) < 4.78 is 21.0. The van der Waals surface area contributed by atoms with Crippen LogP contribution in [0.25, 0.3) is 6.08 Å². The highest BCUT2D eigenvalue weighted by molar-refractivity contribution is 6.08. The number of aromatic nitrogens is 1. The van der Waals surface area contributed by atoms with E-state index in [0.29, 0.717) is 45.3 Å². The first-order valence-corrected chi connectivity index (χ1v) is 8.76. The summed E-state index contributed by atoms with van der Waals surface area (Å²) in [5, 5.41) is 0. The Morgan fingerprint density at radius 1 is 1.04 bits per heavy atom. The van der Waals surface area contributed by atoms with Crippen molar-refractivity contribution in [3.05, 3.63) is 46.3 Å². The fourth-order valence-corrected chi connectivity index (χ4v) is 2.96. The summed E-state index contributed by atoms with van der Waals surface area (Å²) >= 11 is 0. The third-order valence-electron chi connectivity index (χ3n) is 4.28. The number of aromatic amines is 1. The summed E-state index contributed by atoms with van der Waals surface area (Å²) in [6, 6.07) is 3.48. The van der Waals surface area contributed by atoms with Crippen molar-refractivity contribution in [1.82, 2.24) is 4.98 Å². The van der Waals surface area contributed by atoms with Gasteiger partial charge in [-0.15, -0.1) is 0 Å². The molecule has 7 nitrogen and oxygen atoms in total. The van der Waals surface area contributed by atoms with Gasteiger partial charge in [0.15, 0.2) is 11.5 Å². The minimum atomic E-state index is -0.443. The molecule has 0 bridgehead atoms. The molecule has 1 heterocycles. The molecule has 0 aliphatic rings. The van der Waals surface area contributed by atoms with Crippen LogP contribution in [0.1, 0.15) is 44.6 Å². The van der Waals surface area contributed by atoms with E-state index in [9.17, 15) is 9.59 Å². The predicted octanol–water partition coefficient (Wildman–Crippen LogP) is 3.73. The highest BCUT2D eigenvalue weighted by Gasteiger charge is 2.21. The number of allylic oxidation sites excluding steroid dienone is 1. The van der Waals surface area contributed by atoms with Gasteiger partial charge in [0, 0.05) is 5.69 Å². The molecule has 0 atom stereocenters. The van der Waals surface area contributed by atoms with E-state index in [1.165, 1.54) is 27.4 Å². The van der Waals surface area contributed by atoms with E-state index in [1.807, 2.05) is 0 Å². The number of methoxy groups -OCH3 is 3. The first-order valence-electron chi connectivity index (χ1n) is 8.76. The fourth-order valence-electron chi connectivity index (χ4n) is 2.96. The van der Waals surface area contributed by atoms with Gasteiger partial charge in [-0.3, -0.25) is 4.79 Å². The number of ketones is 1. The topological polar surface area (TPSA) is 86.9 Å². The molecule has 0 aliphatic heterocycles. The van der Waals surface area contributed by atoms with Crippen LogP contribution in [0.5, 0.6) is 17.2 Å². The second-order valence-electron chi connectivity index (χ2n) is 6.00. The molecule has 0 saturated carbocycles. The quantitative estimate of drug-likeness (QED) is 0.422. The van der Waals surface area contributed by atoms with Crippen LogP contribution in [0, 0.1) is 13.8 Å². The molecule has 1 aromatic carbocycles. The largest absolute Gasteiger partial charge is 0.493 e. The van der Waals surface area contributed by atoms with Gasteiger partial charge in [-0.25, -0.2) is 4.79 Å². The molecule has 7 heteroatoms. The molecule has 0 fully saturated rings. The van der Waals surface area contributed by atoms with Crippen molar-refractivity contribution in [2.75, 3.05) is 27.9 Å². The standard InChI is InChI=1S/C21H25NO6/c1-7-28-21(24)18-12(2)19(22-13(18)3)15(23)9-8-14-10-16(25-4)20(27-6)17(11-14)26-5/h8-11,22H,7H2,1-6H3. The molecule has 1 N–H and O–H groups in total. The van der Waals surface area contributed by atoms with Crippen molar-refractivity contribution in [1.29, 1.82) is 0 Å². The summed E-state index contributed by atoms with van der Waals surface area (Å²) in [7, 11) is 4.58. The van der Waals surface area contributed by atoms with Gasteiger partial charge in [0.2, 0.25) is 11.5 Å². The SMILES string of the molecule is CCOC(=O)c1c(C)[nH]c(C(=O)C=Cc2cc(OC)c(OC)c(OC)c2)c1C. The minimum Gasteiger partial charge on any atom is -0.493 e. The van der Waals surface area contributed by atoms with Gasteiger partial charge in [0.1, 0.15) is 0 Å². The molecule has 28 heavy (non-hydrogen) atoms. The van der Waals surface area contributed by atoms with E-state index in [0.717, 1.165) is 0 Å². The number of aryl methyl sites for hydroxylation is 1. The third-order valence-corrected chi connectivity index (χ3v) is 4.28. The molecule has 2 aromatic rings. The summed E-state index contributed by atoms with van der Waals surface area (Å²) in [6.07, 6.45) is 3.07. The fraction of sp³-hybridized carbons (Fsp3) is 0.333. The normalized spacial score (nSPS) is 10.8. The second kappa shape index (κ2) is 9.12. The van der Waals surface area contributed by atoms with Crippen molar-refractivity contribution in [3.63, 3.8) is 0 Å². The van der Waals surface area contributed by atoms with Gasteiger partial charge < -0.3 is 23.9 Å². The van der Waals surface area contributed by atoms with Crippen molar-refractivity contribution >= 4 is 17.8 Å². The average molecular weight is 387 g/mol. The number of benzene rings is 1. The molecule has 0 unspecified atom stereocenters. The number of carbonyl (C=O) groups is 2. The van der Waals surface area contributed by atoms with Gasteiger partial charge in [-0.1, -0.05) is 6.08 Å². The number of rotatable bonds is 8. The van der Waals surface area contributed by atoms with E-state index in [-0.39, 0.29) is 12.4 Å². The van der Waals surface area contributed by atoms with Crippen LogP contribution < -0.4 is 14.2 Å². The van der Waals surface area contributed by atoms with Crippen LogP contribution in [0.15, 0.2) is 18.2 Å². The number of ether oxygens (including phenoxy) is 4. The Kier molecular flexibility index (Phi) is 6.87. The lowest BCUT2D eigenvalue weighted by atomic mass is 10.1. The molecular weight excluding hydrogens is 362 g/mol. The highest BCUT2D eigenvalue weighted by atomic mass is 16.5. The van der Waals surface area contributed by atoms with E-state index in [2.05, 4.69) is 4.98 Å². The van der Waals surface area contributed by atoms with Gasteiger partial charge >= 0.3 is 5.97 Å². The Morgan fingerprint density at radius 3 is 2.14 bits per heavy atom. The molecule has 0 spiro atoms. The number of H-pyrrole nitrogens is 1. The number of hydrogen-bond donors (Lipinski definition) is 1. The number of esters is 1. The Morgan fingerprint density at radius 2 is 1.64 bits per heavy atom. The van der Waals surface area contributed by atoms with Crippen LogP contribution in [-0.2, 0) is 4.74 Å². The van der Waals surface area contributed by atoms with Crippen molar-refractivity contribution in [2.45, 2.75) is 20.8 Å². The van der Waals surface area contributed by atoms with Crippen molar-refractivity contribution in [3.8, 4) is 17.2 Å². The molecule has 2 rings (SSSR count). The summed E-state index contributed by atoms with van der Waals surface area (Å²) in [5.74, 6) is 0.755. The number of carbonyl (C=O) groups excluding carboxylic acids is 2. The Balaban J connectivity index is 2.34. The third kappa shape index (κ3) is 4.19. The zero-order valence-corrected chi connectivity index (χ0v) is 17.0. The molecule has 0 aliphatic carbocycles. The van der Waals surface area contributed by atoms with Crippen LogP contribution in [-0.4, -0.2) is 44.7 Å². The van der Waals surface area contributed by atoms with Crippen LogP contribution in [0.2, 0.25) is 0 Å². The first-order chi connectivity index (χ1) is 13.4. The van der Waals surface area contributed by atoms with Crippen LogP contribution >= 0.6 is 0 Å². The average Bonchev–Trinajstić information content (AvgIpc) is 2.99. The Hall–Kier alpha value is -3.22. The zero-order valence-electron chi connectivity index (χ0n) is 17.0. The molecule has 0 saturated heterocycles. The molecule has 150 valence electrons. The van der Waals surface area contributed by atoms with Gasteiger partial charge in [-0.2, -0.15) is 0 Å². The minimum absolute atomic E-state index is 0.259. The maximum absolute atomic E-state index is 12.7. The Labute approximate surface area is 164 Å². The van der Waals surface area contributed by atoms with Gasteiger partial charge in [0.25, 0.3) is 0 Å². The number of nitrogens with one attached hydrogen (secondary N) is 1. The van der Waals surface area contributed by atoms with Crippen molar-refractivity contribution in [2.24, 2.45) is 0 Å². The summed E-state index contributed by atoms with van der Waals surface area (Å²) in [5.41, 5.74) is 2.61. The maximum Gasteiger partial charge on any atom is 0.340 e. The van der Waals surface area contributed by atoms with Crippen molar-refractivity contribution < 1.29 is 28.5 Å². The molecular formula is C21H25NO6. The molecule has 0 radical (unpaired) electrons. The first kappa shape index (κ1) is 21.1. The summed E-state index contributed by atoms with van der Waals surface area (Å²) in [4.78, 5) is 27.7. The van der Waals surface area contributed by atoms with E-state index in [1.54, 1.807) is 39.0 Å². The highest BCUT2D eigenvalue weighted by Crippen LogP contribution is 2.38. The van der Waals surface area contributed by atoms with Gasteiger partial charge in [-0.05, 0) is 50.1 Å². The molecule has 1 aromatic heterocycles. The van der Waals surface area contributed by atoms with Gasteiger partial charge in [0.05, 0.1) is 39.2 Å². The lowest BCUT2D eigenvalue weighted by molar-refractivity contribution is 0.0525. The predicted molar refractivity (Wildman–Crippen MR) is 106 cm³/mol. The maximum atomic E-state index is 12.7. The zero-order chi connectivity index (χ0) is 20.8.